The molecule has 0 amide bonds. The molecule has 1 heterocycles. The molecule has 136 valence electrons. The quantitative estimate of drug-likeness (QED) is 0.723. The summed E-state index contributed by atoms with van der Waals surface area (Å²) < 4.78 is 34.1. The summed E-state index contributed by atoms with van der Waals surface area (Å²) in [5, 5.41) is 3.96. The van der Waals surface area contributed by atoms with Gasteiger partial charge in [0.25, 0.3) is 10.0 Å². The molecular formula is C20H22N2O3S. The average molecular weight is 370 g/mol. The Bertz CT molecular complexity index is 1040. The van der Waals surface area contributed by atoms with Crippen LogP contribution in [0.2, 0.25) is 0 Å². The topological polar surface area (TPSA) is 72.2 Å². The Hall–Kier alpha value is -2.60. The van der Waals surface area contributed by atoms with E-state index in [0.29, 0.717) is 17.0 Å². The number of aryl methyl sites for hydroxylation is 5. The van der Waals surface area contributed by atoms with Crippen molar-refractivity contribution >= 4 is 15.7 Å². The highest BCUT2D eigenvalue weighted by Crippen LogP contribution is 2.31. The zero-order valence-corrected chi connectivity index (χ0v) is 16.4. The molecule has 0 bridgehead atoms. The van der Waals surface area contributed by atoms with Gasteiger partial charge in [0.05, 0.1) is 16.3 Å². The maximum absolute atomic E-state index is 13.1. The van der Waals surface area contributed by atoms with Gasteiger partial charge in [0.1, 0.15) is 5.76 Å². The summed E-state index contributed by atoms with van der Waals surface area (Å²) in [4.78, 5) is 0.248. The molecule has 1 aromatic heterocycles. The second-order valence-corrected chi connectivity index (χ2v) is 8.20. The Kier molecular flexibility index (Phi) is 4.63. The summed E-state index contributed by atoms with van der Waals surface area (Å²) in [6.07, 6.45) is 0. The van der Waals surface area contributed by atoms with Crippen LogP contribution in [0.3, 0.4) is 0 Å². The van der Waals surface area contributed by atoms with Crippen LogP contribution in [0.4, 0.5) is 5.69 Å². The van der Waals surface area contributed by atoms with Crippen LogP contribution in [0.15, 0.2) is 45.8 Å². The minimum Gasteiger partial charge on any atom is -0.361 e. The van der Waals surface area contributed by atoms with Crippen molar-refractivity contribution in [3.05, 3.63) is 64.5 Å². The molecule has 3 aromatic rings. The maximum Gasteiger partial charge on any atom is 0.262 e. The Balaban J connectivity index is 2.10. The first-order chi connectivity index (χ1) is 12.2. The standard InChI is InChI=1S/C20H22N2O3S/c1-12-9-10-17(19-15(4)21-25-16(19)5)11-18(12)26(23,24)22-20-13(2)7-6-8-14(20)3/h6-11,22H,1-5H3. The van der Waals surface area contributed by atoms with E-state index in [1.165, 1.54) is 0 Å². The zero-order chi connectivity index (χ0) is 19.1. The molecule has 6 heteroatoms. The van der Waals surface area contributed by atoms with Crippen LogP contribution in [0.5, 0.6) is 0 Å². The second-order valence-electron chi connectivity index (χ2n) is 6.55. The Morgan fingerprint density at radius 1 is 0.923 bits per heavy atom. The molecule has 0 saturated carbocycles. The fourth-order valence-corrected chi connectivity index (χ4v) is 4.58. The number of rotatable bonds is 4. The number of hydrogen-bond donors (Lipinski definition) is 1. The van der Waals surface area contributed by atoms with E-state index in [9.17, 15) is 8.42 Å². The first-order valence-electron chi connectivity index (χ1n) is 8.33. The fraction of sp³-hybridized carbons (Fsp3) is 0.250. The monoisotopic (exact) mass is 370 g/mol. The molecule has 0 aliphatic rings. The molecule has 26 heavy (non-hydrogen) atoms. The van der Waals surface area contributed by atoms with Gasteiger partial charge in [-0.3, -0.25) is 4.72 Å². The third kappa shape index (κ3) is 3.24. The molecule has 3 rings (SSSR count). The first kappa shape index (κ1) is 18.2. The van der Waals surface area contributed by atoms with Crippen LogP contribution in [0.1, 0.15) is 28.1 Å². The highest BCUT2D eigenvalue weighted by molar-refractivity contribution is 7.92. The third-order valence-electron chi connectivity index (χ3n) is 4.52. The molecule has 0 aliphatic heterocycles. The number of benzene rings is 2. The van der Waals surface area contributed by atoms with Crippen molar-refractivity contribution in [3.8, 4) is 11.1 Å². The molecular weight excluding hydrogens is 348 g/mol. The smallest absolute Gasteiger partial charge is 0.262 e. The number of aromatic nitrogens is 1. The van der Waals surface area contributed by atoms with Gasteiger partial charge in [0.15, 0.2) is 0 Å². The summed E-state index contributed by atoms with van der Waals surface area (Å²) in [7, 11) is -3.73. The van der Waals surface area contributed by atoms with E-state index in [1.54, 1.807) is 19.1 Å². The van der Waals surface area contributed by atoms with Crippen molar-refractivity contribution in [1.82, 2.24) is 5.16 Å². The van der Waals surface area contributed by atoms with Crippen molar-refractivity contribution < 1.29 is 12.9 Å². The van der Waals surface area contributed by atoms with E-state index < -0.39 is 10.0 Å². The van der Waals surface area contributed by atoms with Gasteiger partial charge in [0, 0.05) is 5.56 Å². The number of nitrogens with zero attached hydrogens (tertiary/aromatic N) is 1. The molecule has 1 N–H and O–H groups in total. The largest absolute Gasteiger partial charge is 0.361 e. The van der Waals surface area contributed by atoms with Gasteiger partial charge >= 0.3 is 0 Å². The Morgan fingerprint density at radius 2 is 1.58 bits per heavy atom. The fourth-order valence-electron chi connectivity index (χ4n) is 3.11. The van der Waals surface area contributed by atoms with Crippen LogP contribution in [-0.4, -0.2) is 13.6 Å². The van der Waals surface area contributed by atoms with E-state index >= 15 is 0 Å². The minimum atomic E-state index is -3.73. The lowest BCUT2D eigenvalue weighted by molar-refractivity contribution is 0.393. The van der Waals surface area contributed by atoms with Crippen molar-refractivity contribution in [1.29, 1.82) is 0 Å². The highest BCUT2D eigenvalue weighted by atomic mass is 32.2. The Labute approximate surface area is 154 Å². The van der Waals surface area contributed by atoms with Crippen LogP contribution in [0, 0.1) is 34.6 Å². The summed E-state index contributed by atoms with van der Waals surface area (Å²) in [5.74, 6) is 0.664. The van der Waals surface area contributed by atoms with Gasteiger partial charge in [-0.15, -0.1) is 0 Å². The van der Waals surface area contributed by atoms with Crippen LogP contribution in [0.25, 0.3) is 11.1 Å². The predicted octanol–water partition coefficient (Wildman–Crippen LogP) is 4.68. The number of para-hydroxylation sites is 1. The van der Waals surface area contributed by atoms with E-state index in [1.807, 2.05) is 52.0 Å². The van der Waals surface area contributed by atoms with Crippen molar-refractivity contribution in [2.45, 2.75) is 39.5 Å². The van der Waals surface area contributed by atoms with Gasteiger partial charge in [-0.25, -0.2) is 8.42 Å². The van der Waals surface area contributed by atoms with Crippen molar-refractivity contribution in [2.24, 2.45) is 0 Å². The van der Waals surface area contributed by atoms with Crippen LogP contribution in [-0.2, 0) is 10.0 Å². The molecule has 0 aliphatic carbocycles. The van der Waals surface area contributed by atoms with Gasteiger partial charge < -0.3 is 4.52 Å². The lowest BCUT2D eigenvalue weighted by atomic mass is 10.0. The minimum absolute atomic E-state index is 0.248. The van der Waals surface area contributed by atoms with E-state index in [4.69, 9.17) is 4.52 Å². The molecule has 0 spiro atoms. The molecule has 2 aromatic carbocycles. The normalized spacial score (nSPS) is 11.6. The Morgan fingerprint density at radius 3 is 2.15 bits per heavy atom. The summed E-state index contributed by atoms with van der Waals surface area (Å²) in [6, 6.07) is 11.1. The lowest BCUT2D eigenvalue weighted by Crippen LogP contribution is -2.16. The van der Waals surface area contributed by atoms with Gasteiger partial charge in [-0.2, -0.15) is 0 Å². The maximum atomic E-state index is 13.1. The van der Waals surface area contributed by atoms with Crippen molar-refractivity contribution in [3.63, 3.8) is 0 Å². The summed E-state index contributed by atoms with van der Waals surface area (Å²) in [6.45, 7) is 9.22. The second kappa shape index (κ2) is 6.61. The lowest BCUT2D eigenvalue weighted by Gasteiger charge is -2.15. The average Bonchev–Trinajstić information content (AvgIpc) is 2.90. The number of nitrogens with one attached hydrogen (secondary N) is 1. The first-order valence-corrected chi connectivity index (χ1v) is 9.82. The molecule has 0 saturated heterocycles. The van der Waals surface area contributed by atoms with Crippen LogP contribution < -0.4 is 4.72 Å². The van der Waals surface area contributed by atoms with Gasteiger partial charge in [0.2, 0.25) is 0 Å². The predicted molar refractivity (Wildman–Crippen MR) is 103 cm³/mol. The SMILES string of the molecule is Cc1ccc(-c2c(C)noc2C)cc1S(=O)(=O)Nc1c(C)cccc1C. The van der Waals surface area contributed by atoms with Gasteiger partial charge in [-0.1, -0.05) is 35.5 Å². The number of anilines is 1. The van der Waals surface area contributed by atoms with E-state index in [-0.39, 0.29) is 4.90 Å². The molecule has 0 atom stereocenters. The van der Waals surface area contributed by atoms with Crippen molar-refractivity contribution in [2.75, 3.05) is 4.72 Å². The number of sulfonamides is 1. The van der Waals surface area contributed by atoms with Crippen LogP contribution >= 0.6 is 0 Å². The van der Waals surface area contributed by atoms with E-state index in [2.05, 4.69) is 9.88 Å². The zero-order valence-electron chi connectivity index (χ0n) is 15.5. The molecule has 0 fully saturated rings. The van der Waals surface area contributed by atoms with Gasteiger partial charge in [-0.05, 0) is 62.9 Å². The molecule has 5 nitrogen and oxygen atoms in total. The summed E-state index contributed by atoms with van der Waals surface area (Å²) >= 11 is 0. The number of hydrogen-bond acceptors (Lipinski definition) is 4. The molecule has 0 radical (unpaired) electrons. The van der Waals surface area contributed by atoms with E-state index in [0.717, 1.165) is 27.9 Å². The third-order valence-corrected chi connectivity index (χ3v) is 6.01. The highest BCUT2D eigenvalue weighted by Gasteiger charge is 2.21. The molecule has 0 unspecified atom stereocenters. The summed E-state index contributed by atoms with van der Waals surface area (Å²) in [5.41, 5.74) is 5.40.